The van der Waals surface area contributed by atoms with Crippen LogP contribution in [0.4, 0.5) is 0 Å². The molecule has 1 saturated heterocycles. The van der Waals surface area contributed by atoms with Crippen molar-refractivity contribution < 1.29 is 13.2 Å². The Morgan fingerprint density at radius 1 is 1.22 bits per heavy atom. The van der Waals surface area contributed by atoms with E-state index in [1.165, 1.54) is 17.1 Å². The van der Waals surface area contributed by atoms with E-state index in [2.05, 4.69) is 16.1 Å². The summed E-state index contributed by atoms with van der Waals surface area (Å²) in [5, 5.41) is 4.68. The van der Waals surface area contributed by atoms with Gasteiger partial charge in [-0.2, -0.15) is 5.10 Å². The number of hydrogen-bond donors (Lipinski definition) is 0. The van der Waals surface area contributed by atoms with Gasteiger partial charge < -0.3 is 4.90 Å². The van der Waals surface area contributed by atoms with E-state index in [-0.39, 0.29) is 35.6 Å². The lowest BCUT2D eigenvalue weighted by Crippen LogP contribution is -2.44. The Labute approximate surface area is 186 Å². The Morgan fingerprint density at radius 2 is 1.94 bits per heavy atom. The molecule has 0 bridgehead atoms. The summed E-state index contributed by atoms with van der Waals surface area (Å²) in [5.41, 5.74) is 3.04. The summed E-state index contributed by atoms with van der Waals surface area (Å²) in [6, 6.07) is 5.65. The molecule has 32 heavy (non-hydrogen) atoms. The van der Waals surface area contributed by atoms with Crippen LogP contribution in [0.2, 0.25) is 0 Å². The van der Waals surface area contributed by atoms with E-state index in [0.717, 1.165) is 16.8 Å². The number of aromatic nitrogens is 4. The fourth-order valence-electron chi connectivity index (χ4n) is 4.33. The topological polar surface area (TPSA) is 107 Å². The number of amides is 1. The number of benzene rings is 1. The van der Waals surface area contributed by atoms with Gasteiger partial charge in [-0.15, -0.1) is 0 Å². The summed E-state index contributed by atoms with van der Waals surface area (Å²) < 4.78 is 26.6. The van der Waals surface area contributed by atoms with Crippen LogP contribution in [0, 0.1) is 13.8 Å². The van der Waals surface area contributed by atoms with Gasteiger partial charge in [0.15, 0.2) is 15.5 Å². The molecule has 0 spiro atoms. The number of sulfone groups is 1. The molecule has 1 amide bonds. The highest BCUT2D eigenvalue weighted by Crippen LogP contribution is 2.19. The maximum Gasteiger partial charge on any atom is 0.264 e. The number of carbonyl (C=O) groups excluding carboxylic acids is 1. The molecule has 10 heteroatoms. The third-order valence-electron chi connectivity index (χ3n) is 5.75. The number of carbonyl (C=O) groups is 1. The summed E-state index contributed by atoms with van der Waals surface area (Å²) in [5.74, 6) is -0.206. The lowest BCUT2D eigenvalue weighted by molar-refractivity contribution is -0.133. The van der Waals surface area contributed by atoms with Crippen LogP contribution in [-0.4, -0.2) is 62.6 Å². The van der Waals surface area contributed by atoms with Gasteiger partial charge in [0.05, 0.1) is 23.4 Å². The molecule has 1 unspecified atom stereocenters. The first kappa shape index (κ1) is 22.2. The summed E-state index contributed by atoms with van der Waals surface area (Å²) in [6.07, 6.45) is 3.97. The fourth-order valence-corrected chi connectivity index (χ4v) is 6.06. The van der Waals surface area contributed by atoms with Crippen molar-refractivity contribution in [3.05, 3.63) is 52.2 Å². The Morgan fingerprint density at radius 3 is 2.56 bits per heavy atom. The monoisotopic (exact) mass is 457 g/mol. The quantitative estimate of drug-likeness (QED) is 0.557. The van der Waals surface area contributed by atoms with Crippen molar-refractivity contribution in [2.24, 2.45) is 0 Å². The lowest BCUT2D eigenvalue weighted by atomic mass is 10.1. The van der Waals surface area contributed by atoms with Crippen molar-refractivity contribution in [3.63, 3.8) is 0 Å². The van der Waals surface area contributed by atoms with Gasteiger partial charge in [0.1, 0.15) is 18.3 Å². The molecule has 3 aromatic rings. The molecule has 3 heterocycles. The van der Waals surface area contributed by atoms with Gasteiger partial charge in [-0.3, -0.25) is 14.2 Å². The first-order valence-electron chi connectivity index (χ1n) is 10.7. The molecule has 0 saturated carbocycles. The highest BCUT2D eigenvalue weighted by Gasteiger charge is 2.34. The van der Waals surface area contributed by atoms with Crippen LogP contribution >= 0.6 is 0 Å². The maximum atomic E-state index is 13.1. The molecule has 0 N–H and O–H groups in total. The van der Waals surface area contributed by atoms with Crippen LogP contribution in [0.1, 0.15) is 30.9 Å². The van der Waals surface area contributed by atoms with E-state index in [0.29, 0.717) is 30.4 Å². The Hall–Kier alpha value is -3.01. The molecular weight excluding hydrogens is 430 g/mol. The van der Waals surface area contributed by atoms with E-state index in [1.807, 2.05) is 32.9 Å². The van der Waals surface area contributed by atoms with Crippen LogP contribution in [-0.2, 0) is 21.2 Å². The second-order valence-electron chi connectivity index (χ2n) is 8.46. The molecule has 1 atom stereocenters. The Bertz CT molecular complexity index is 1320. The van der Waals surface area contributed by atoms with E-state index >= 15 is 0 Å². The van der Waals surface area contributed by atoms with Crippen LogP contribution in [0.5, 0.6) is 0 Å². The number of hydrogen-bond acceptors (Lipinski definition) is 6. The first-order chi connectivity index (χ1) is 15.2. The van der Waals surface area contributed by atoms with Crippen molar-refractivity contribution in [2.75, 3.05) is 18.1 Å². The normalized spacial score (nSPS) is 17.7. The van der Waals surface area contributed by atoms with Gasteiger partial charge in [-0.05, 0) is 49.9 Å². The molecule has 1 aromatic carbocycles. The predicted molar refractivity (Wildman–Crippen MR) is 122 cm³/mol. The molecule has 170 valence electrons. The number of fused-ring (bicyclic) bond motifs is 1. The standard InChI is InChI=1S/C22H27N5O4S/c1-4-6-26(17-5-7-32(30,31)13-17)20(28)12-25-14-23-21-19(22(25)29)11-24-27(21)18-9-15(2)8-16(3)10-18/h8-11,14,17H,4-7,12-13H2,1-3H3. The van der Waals surface area contributed by atoms with Crippen molar-refractivity contribution in [3.8, 4) is 5.69 Å². The molecule has 1 aliphatic rings. The molecule has 1 fully saturated rings. The summed E-state index contributed by atoms with van der Waals surface area (Å²) in [7, 11) is -3.12. The molecule has 4 rings (SSSR count). The summed E-state index contributed by atoms with van der Waals surface area (Å²) in [4.78, 5) is 32.1. The highest BCUT2D eigenvalue weighted by molar-refractivity contribution is 7.91. The molecular formula is C22H27N5O4S. The Kier molecular flexibility index (Phi) is 5.89. The minimum Gasteiger partial charge on any atom is -0.337 e. The minimum absolute atomic E-state index is 0.0202. The van der Waals surface area contributed by atoms with Crippen LogP contribution in [0.3, 0.4) is 0 Å². The van der Waals surface area contributed by atoms with E-state index in [1.54, 1.807) is 9.58 Å². The first-order valence-corrected chi connectivity index (χ1v) is 12.5. The van der Waals surface area contributed by atoms with Crippen molar-refractivity contribution in [1.29, 1.82) is 0 Å². The molecule has 1 aliphatic heterocycles. The Balaban J connectivity index is 1.63. The number of rotatable bonds is 6. The van der Waals surface area contributed by atoms with E-state index < -0.39 is 9.84 Å². The van der Waals surface area contributed by atoms with Crippen LogP contribution in [0.15, 0.2) is 35.5 Å². The third kappa shape index (κ3) is 4.32. The largest absolute Gasteiger partial charge is 0.337 e. The van der Waals surface area contributed by atoms with Gasteiger partial charge in [-0.1, -0.05) is 13.0 Å². The maximum absolute atomic E-state index is 13.1. The van der Waals surface area contributed by atoms with E-state index in [4.69, 9.17) is 0 Å². The molecule has 9 nitrogen and oxygen atoms in total. The van der Waals surface area contributed by atoms with Crippen LogP contribution < -0.4 is 5.56 Å². The fraction of sp³-hybridized carbons (Fsp3) is 0.455. The second kappa shape index (κ2) is 8.50. The average molecular weight is 458 g/mol. The summed E-state index contributed by atoms with van der Waals surface area (Å²) in [6.45, 7) is 6.18. The lowest BCUT2D eigenvalue weighted by Gasteiger charge is -2.28. The minimum atomic E-state index is -3.12. The van der Waals surface area contributed by atoms with Gasteiger partial charge >= 0.3 is 0 Å². The van der Waals surface area contributed by atoms with Gasteiger partial charge in [0, 0.05) is 12.6 Å². The smallest absolute Gasteiger partial charge is 0.264 e. The zero-order valence-electron chi connectivity index (χ0n) is 18.5. The van der Waals surface area contributed by atoms with Crippen molar-refractivity contribution in [1.82, 2.24) is 24.2 Å². The van der Waals surface area contributed by atoms with Crippen LogP contribution in [0.25, 0.3) is 16.7 Å². The van der Waals surface area contributed by atoms with Gasteiger partial charge in [-0.25, -0.2) is 18.1 Å². The van der Waals surface area contributed by atoms with Crippen molar-refractivity contribution in [2.45, 2.75) is 46.2 Å². The number of aryl methyl sites for hydroxylation is 2. The third-order valence-corrected chi connectivity index (χ3v) is 7.50. The van der Waals surface area contributed by atoms with E-state index in [9.17, 15) is 18.0 Å². The zero-order chi connectivity index (χ0) is 23.0. The number of nitrogens with zero attached hydrogens (tertiary/aromatic N) is 5. The molecule has 0 aliphatic carbocycles. The van der Waals surface area contributed by atoms with Gasteiger partial charge in [0.25, 0.3) is 5.56 Å². The molecule has 0 radical (unpaired) electrons. The summed E-state index contributed by atoms with van der Waals surface area (Å²) >= 11 is 0. The SMILES string of the molecule is CCCN(C(=O)Cn1cnc2c(cnn2-c2cc(C)cc(C)c2)c1=O)C1CCS(=O)(=O)C1. The second-order valence-corrected chi connectivity index (χ2v) is 10.7. The zero-order valence-corrected chi connectivity index (χ0v) is 19.3. The molecule has 2 aromatic heterocycles. The van der Waals surface area contributed by atoms with Gasteiger partial charge in [0.2, 0.25) is 5.91 Å². The highest BCUT2D eigenvalue weighted by atomic mass is 32.2. The average Bonchev–Trinajstić information content (AvgIpc) is 3.31. The predicted octanol–water partition coefficient (Wildman–Crippen LogP) is 1.62. The van der Waals surface area contributed by atoms with Crippen molar-refractivity contribution >= 4 is 26.8 Å².